The maximum absolute atomic E-state index is 5.59. The SMILES string of the molecule is CC1(C)CCN(C/C=C/CCl)CCS1. The third-order valence-electron chi connectivity index (χ3n) is 2.55. The Bertz CT molecular complexity index is 192. The number of rotatable bonds is 3. The Labute approximate surface area is 96.9 Å². The maximum Gasteiger partial charge on any atom is 0.0404 e. The molecule has 1 saturated heterocycles. The number of halogens is 1. The molecule has 0 aromatic rings. The molecule has 1 rings (SSSR count). The molecule has 82 valence electrons. The van der Waals surface area contributed by atoms with Crippen LogP contribution in [0.2, 0.25) is 0 Å². The number of hydrogen-bond acceptors (Lipinski definition) is 2. The topological polar surface area (TPSA) is 3.24 Å². The van der Waals surface area contributed by atoms with Gasteiger partial charge in [0.1, 0.15) is 0 Å². The van der Waals surface area contributed by atoms with Crippen molar-refractivity contribution < 1.29 is 0 Å². The molecule has 0 aliphatic carbocycles. The van der Waals surface area contributed by atoms with Crippen LogP contribution in [0.4, 0.5) is 0 Å². The molecule has 0 saturated carbocycles. The van der Waals surface area contributed by atoms with E-state index < -0.39 is 0 Å². The van der Waals surface area contributed by atoms with Gasteiger partial charge in [-0.1, -0.05) is 26.0 Å². The molecule has 1 nitrogen and oxygen atoms in total. The highest BCUT2D eigenvalue weighted by atomic mass is 35.5. The van der Waals surface area contributed by atoms with E-state index in [1.807, 2.05) is 6.08 Å². The lowest BCUT2D eigenvalue weighted by Gasteiger charge is -2.21. The molecule has 0 radical (unpaired) electrons. The van der Waals surface area contributed by atoms with Crippen molar-refractivity contribution >= 4 is 23.4 Å². The van der Waals surface area contributed by atoms with Crippen LogP contribution in [-0.2, 0) is 0 Å². The number of allylic oxidation sites excluding steroid dienone is 1. The predicted octanol–water partition coefficient (Wildman–Crippen LogP) is 3.00. The minimum absolute atomic E-state index is 0.463. The molecule has 14 heavy (non-hydrogen) atoms. The Kier molecular flexibility index (Phi) is 5.35. The summed E-state index contributed by atoms with van der Waals surface area (Å²) in [4.78, 5) is 2.50. The van der Waals surface area contributed by atoms with Crippen LogP contribution in [0.15, 0.2) is 12.2 Å². The third-order valence-corrected chi connectivity index (χ3v) is 4.10. The first-order chi connectivity index (χ1) is 6.64. The summed E-state index contributed by atoms with van der Waals surface area (Å²) in [6.07, 6.45) is 5.49. The van der Waals surface area contributed by atoms with E-state index in [-0.39, 0.29) is 0 Å². The molecule has 1 aliphatic rings. The molecule has 1 aliphatic heterocycles. The first-order valence-electron chi connectivity index (χ1n) is 5.21. The van der Waals surface area contributed by atoms with E-state index in [1.54, 1.807) is 0 Å². The van der Waals surface area contributed by atoms with E-state index in [0.29, 0.717) is 10.6 Å². The molecule has 0 amide bonds. The molecule has 0 aromatic heterocycles. The zero-order valence-electron chi connectivity index (χ0n) is 9.13. The van der Waals surface area contributed by atoms with Crippen molar-refractivity contribution in [3.8, 4) is 0 Å². The lowest BCUT2D eigenvalue weighted by molar-refractivity contribution is 0.313. The largest absolute Gasteiger partial charge is 0.299 e. The van der Waals surface area contributed by atoms with Crippen molar-refractivity contribution in [2.24, 2.45) is 0 Å². The maximum atomic E-state index is 5.59. The second-order valence-electron chi connectivity index (χ2n) is 4.28. The van der Waals surface area contributed by atoms with Crippen molar-refractivity contribution in [3.05, 3.63) is 12.2 Å². The third kappa shape index (κ3) is 4.72. The van der Waals surface area contributed by atoms with Gasteiger partial charge in [-0.2, -0.15) is 11.8 Å². The lowest BCUT2D eigenvalue weighted by atomic mass is 10.1. The van der Waals surface area contributed by atoms with Gasteiger partial charge < -0.3 is 0 Å². The van der Waals surface area contributed by atoms with E-state index in [4.69, 9.17) is 11.6 Å². The monoisotopic (exact) mass is 233 g/mol. The van der Waals surface area contributed by atoms with Gasteiger partial charge in [-0.25, -0.2) is 0 Å². The van der Waals surface area contributed by atoms with E-state index in [1.165, 1.54) is 25.3 Å². The average molecular weight is 234 g/mol. The first-order valence-corrected chi connectivity index (χ1v) is 6.73. The summed E-state index contributed by atoms with van der Waals surface area (Å²) in [6, 6.07) is 0. The fraction of sp³-hybridized carbons (Fsp3) is 0.818. The van der Waals surface area contributed by atoms with Crippen LogP contribution in [0.5, 0.6) is 0 Å². The minimum atomic E-state index is 0.463. The van der Waals surface area contributed by atoms with Gasteiger partial charge in [-0.15, -0.1) is 11.6 Å². The van der Waals surface area contributed by atoms with Crippen LogP contribution in [-0.4, -0.2) is 40.9 Å². The van der Waals surface area contributed by atoms with Crippen molar-refractivity contribution in [2.75, 3.05) is 31.3 Å². The molecule has 0 unspecified atom stereocenters. The van der Waals surface area contributed by atoms with Gasteiger partial charge in [0.25, 0.3) is 0 Å². The average Bonchev–Trinajstić information content (AvgIpc) is 2.28. The quantitative estimate of drug-likeness (QED) is 0.545. The second kappa shape index (κ2) is 6.04. The zero-order chi connectivity index (χ0) is 10.4. The van der Waals surface area contributed by atoms with E-state index in [2.05, 4.69) is 36.6 Å². The number of hydrogen-bond donors (Lipinski definition) is 0. The Morgan fingerprint density at radius 2 is 2.14 bits per heavy atom. The van der Waals surface area contributed by atoms with Gasteiger partial charge in [-0.05, 0) is 13.0 Å². The summed E-state index contributed by atoms with van der Waals surface area (Å²) >= 11 is 7.68. The highest BCUT2D eigenvalue weighted by Crippen LogP contribution is 2.30. The van der Waals surface area contributed by atoms with Gasteiger partial charge in [0.05, 0.1) is 0 Å². The highest BCUT2D eigenvalue weighted by Gasteiger charge is 2.22. The molecule has 0 spiro atoms. The number of nitrogens with zero attached hydrogens (tertiary/aromatic N) is 1. The molecule has 0 aromatic carbocycles. The molecule has 0 N–H and O–H groups in total. The standard InChI is InChI=1S/C11H20ClNS/c1-11(2)5-8-13(9-10-14-11)7-4-3-6-12/h3-4H,5-10H2,1-2H3/b4-3+. The molecular formula is C11H20ClNS. The summed E-state index contributed by atoms with van der Waals surface area (Å²) < 4.78 is 0.463. The Balaban J connectivity index is 2.31. The van der Waals surface area contributed by atoms with Crippen molar-refractivity contribution in [1.82, 2.24) is 4.90 Å². The Morgan fingerprint density at radius 1 is 1.36 bits per heavy atom. The van der Waals surface area contributed by atoms with E-state index in [9.17, 15) is 0 Å². The van der Waals surface area contributed by atoms with E-state index >= 15 is 0 Å². The Morgan fingerprint density at radius 3 is 2.86 bits per heavy atom. The summed E-state index contributed by atoms with van der Waals surface area (Å²) in [5.74, 6) is 1.88. The summed E-state index contributed by atoms with van der Waals surface area (Å²) in [5.41, 5.74) is 0. The van der Waals surface area contributed by atoms with Crippen molar-refractivity contribution in [2.45, 2.75) is 25.0 Å². The van der Waals surface area contributed by atoms with Crippen LogP contribution >= 0.6 is 23.4 Å². The molecule has 0 bridgehead atoms. The van der Waals surface area contributed by atoms with E-state index in [0.717, 1.165) is 6.54 Å². The van der Waals surface area contributed by atoms with Crippen LogP contribution in [0.3, 0.4) is 0 Å². The Hall–Kier alpha value is 0.340. The molecule has 1 fully saturated rings. The summed E-state index contributed by atoms with van der Waals surface area (Å²) in [5, 5.41) is 0. The molecule has 1 heterocycles. The second-order valence-corrected chi connectivity index (χ2v) is 6.40. The molecule has 3 heteroatoms. The van der Waals surface area contributed by atoms with Gasteiger partial charge in [0, 0.05) is 29.5 Å². The van der Waals surface area contributed by atoms with Crippen molar-refractivity contribution in [3.63, 3.8) is 0 Å². The van der Waals surface area contributed by atoms with Crippen molar-refractivity contribution in [1.29, 1.82) is 0 Å². The molecular weight excluding hydrogens is 214 g/mol. The van der Waals surface area contributed by atoms with Gasteiger partial charge in [-0.3, -0.25) is 4.90 Å². The predicted molar refractivity (Wildman–Crippen MR) is 67.5 cm³/mol. The summed E-state index contributed by atoms with van der Waals surface area (Å²) in [6.45, 7) is 8.17. The van der Waals surface area contributed by atoms with Crippen LogP contribution in [0.25, 0.3) is 0 Å². The first kappa shape index (κ1) is 12.4. The smallest absolute Gasteiger partial charge is 0.0404 e. The van der Waals surface area contributed by atoms with Gasteiger partial charge >= 0.3 is 0 Å². The summed E-state index contributed by atoms with van der Waals surface area (Å²) in [7, 11) is 0. The fourth-order valence-corrected chi connectivity index (χ4v) is 2.80. The van der Waals surface area contributed by atoms with Gasteiger partial charge in [0.15, 0.2) is 0 Å². The van der Waals surface area contributed by atoms with Crippen LogP contribution in [0.1, 0.15) is 20.3 Å². The van der Waals surface area contributed by atoms with Crippen LogP contribution < -0.4 is 0 Å². The normalized spacial score (nSPS) is 23.9. The minimum Gasteiger partial charge on any atom is -0.299 e. The molecule has 0 atom stereocenters. The highest BCUT2D eigenvalue weighted by molar-refractivity contribution is 8.00. The fourth-order valence-electron chi connectivity index (χ4n) is 1.53. The van der Waals surface area contributed by atoms with Crippen LogP contribution in [0, 0.1) is 0 Å². The zero-order valence-corrected chi connectivity index (χ0v) is 10.7. The van der Waals surface area contributed by atoms with Gasteiger partial charge in [0.2, 0.25) is 0 Å². The lowest BCUT2D eigenvalue weighted by Crippen LogP contribution is -2.27. The number of alkyl halides is 1. The number of thioether (sulfide) groups is 1.